The standard InChI is InChI=1S/C9H14N2O2S/c10-8(9(11)12)3-5-14-6-7-2-1-4-13-7/h1-2,4,8H,3,5-6,10H2,(H2,11,12). The van der Waals surface area contributed by atoms with Crippen molar-refractivity contribution in [2.75, 3.05) is 5.75 Å². The summed E-state index contributed by atoms with van der Waals surface area (Å²) in [5.74, 6) is 2.11. The van der Waals surface area contributed by atoms with Crippen LogP contribution >= 0.6 is 11.8 Å². The SMILES string of the molecule is NC(=O)C(N)CCSCc1ccco1. The second kappa shape index (κ2) is 5.72. The molecule has 0 spiro atoms. The smallest absolute Gasteiger partial charge is 0.234 e. The number of thioether (sulfide) groups is 1. The second-order valence-corrected chi connectivity index (χ2v) is 4.03. The first-order valence-electron chi connectivity index (χ1n) is 4.35. The van der Waals surface area contributed by atoms with Gasteiger partial charge >= 0.3 is 0 Å². The molecular weight excluding hydrogens is 200 g/mol. The molecule has 1 atom stereocenters. The maximum atomic E-state index is 10.6. The van der Waals surface area contributed by atoms with E-state index in [0.29, 0.717) is 6.42 Å². The van der Waals surface area contributed by atoms with Gasteiger partial charge in [0.1, 0.15) is 5.76 Å². The van der Waals surface area contributed by atoms with E-state index < -0.39 is 11.9 Å². The molecule has 0 aliphatic rings. The highest BCUT2D eigenvalue weighted by molar-refractivity contribution is 7.98. The molecule has 1 amide bonds. The number of primary amides is 1. The van der Waals surface area contributed by atoms with E-state index in [0.717, 1.165) is 17.3 Å². The van der Waals surface area contributed by atoms with Gasteiger partial charge in [0.25, 0.3) is 0 Å². The molecule has 0 radical (unpaired) electrons. The summed E-state index contributed by atoms with van der Waals surface area (Å²) < 4.78 is 5.14. The average molecular weight is 214 g/mol. The van der Waals surface area contributed by atoms with E-state index >= 15 is 0 Å². The van der Waals surface area contributed by atoms with Crippen LogP contribution in [0, 0.1) is 0 Å². The van der Waals surface area contributed by atoms with Crippen LogP contribution in [0.5, 0.6) is 0 Å². The van der Waals surface area contributed by atoms with E-state index in [1.54, 1.807) is 18.0 Å². The molecule has 0 saturated carbocycles. The Morgan fingerprint density at radius 1 is 1.64 bits per heavy atom. The van der Waals surface area contributed by atoms with Crippen molar-refractivity contribution in [2.24, 2.45) is 11.5 Å². The van der Waals surface area contributed by atoms with Gasteiger partial charge in [-0.3, -0.25) is 4.79 Å². The van der Waals surface area contributed by atoms with Gasteiger partial charge < -0.3 is 15.9 Å². The predicted octanol–water partition coefficient (Wildman–Crippen LogP) is 0.715. The van der Waals surface area contributed by atoms with E-state index in [1.165, 1.54) is 0 Å². The van der Waals surface area contributed by atoms with Gasteiger partial charge in [-0.25, -0.2) is 0 Å². The fourth-order valence-electron chi connectivity index (χ4n) is 0.920. The molecule has 1 rings (SSSR count). The van der Waals surface area contributed by atoms with Gasteiger partial charge in [-0.05, 0) is 24.3 Å². The number of nitrogens with two attached hydrogens (primary N) is 2. The summed E-state index contributed by atoms with van der Waals surface area (Å²) in [6.07, 6.45) is 2.26. The highest BCUT2D eigenvalue weighted by atomic mass is 32.2. The Morgan fingerprint density at radius 3 is 3.00 bits per heavy atom. The number of rotatable bonds is 6. The lowest BCUT2D eigenvalue weighted by Gasteiger charge is -2.05. The lowest BCUT2D eigenvalue weighted by molar-refractivity contribution is -0.119. The van der Waals surface area contributed by atoms with Crippen molar-refractivity contribution in [1.82, 2.24) is 0 Å². The minimum absolute atomic E-state index is 0.441. The molecular formula is C9H14N2O2S. The first-order chi connectivity index (χ1) is 6.70. The van der Waals surface area contributed by atoms with Crippen LogP contribution in [0.25, 0.3) is 0 Å². The van der Waals surface area contributed by atoms with Gasteiger partial charge in [0.2, 0.25) is 5.91 Å². The molecule has 0 aliphatic heterocycles. The fourth-order valence-corrected chi connectivity index (χ4v) is 1.85. The van der Waals surface area contributed by atoms with Crippen LogP contribution in [0.15, 0.2) is 22.8 Å². The van der Waals surface area contributed by atoms with Crippen LogP contribution in [0.4, 0.5) is 0 Å². The van der Waals surface area contributed by atoms with E-state index in [1.807, 2.05) is 12.1 Å². The van der Waals surface area contributed by atoms with Crippen molar-refractivity contribution >= 4 is 17.7 Å². The Bertz CT molecular complexity index is 274. The van der Waals surface area contributed by atoms with Gasteiger partial charge in [0.15, 0.2) is 0 Å². The highest BCUT2D eigenvalue weighted by Gasteiger charge is 2.08. The Labute approximate surface area is 87.0 Å². The third-order valence-corrected chi connectivity index (χ3v) is 2.78. The number of carbonyl (C=O) groups excluding carboxylic acids is 1. The zero-order chi connectivity index (χ0) is 10.4. The zero-order valence-corrected chi connectivity index (χ0v) is 8.63. The maximum absolute atomic E-state index is 10.6. The fraction of sp³-hybridized carbons (Fsp3) is 0.444. The first-order valence-corrected chi connectivity index (χ1v) is 5.50. The van der Waals surface area contributed by atoms with Crippen LogP contribution < -0.4 is 11.5 Å². The molecule has 78 valence electrons. The molecule has 0 saturated heterocycles. The summed E-state index contributed by atoms with van der Waals surface area (Å²) in [6, 6.07) is 3.24. The van der Waals surface area contributed by atoms with Crippen molar-refractivity contribution in [1.29, 1.82) is 0 Å². The minimum atomic E-state index is -0.529. The molecule has 1 aromatic heterocycles. The average Bonchev–Trinajstić information content (AvgIpc) is 2.64. The summed E-state index contributed by atoms with van der Waals surface area (Å²) >= 11 is 1.68. The topological polar surface area (TPSA) is 82.2 Å². The van der Waals surface area contributed by atoms with E-state index in [2.05, 4.69) is 0 Å². The van der Waals surface area contributed by atoms with Crippen LogP contribution in [0.3, 0.4) is 0 Å². The summed E-state index contributed by atoms with van der Waals surface area (Å²) in [4.78, 5) is 10.6. The highest BCUT2D eigenvalue weighted by Crippen LogP contribution is 2.13. The Hall–Kier alpha value is -0.940. The number of carbonyl (C=O) groups is 1. The van der Waals surface area contributed by atoms with Gasteiger partial charge in [0.05, 0.1) is 18.1 Å². The maximum Gasteiger partial charge on any atom is 0.234 e. The van der Waals surface area contributed by atoms with E-state index in [-0.39, 0.29) is 0 Å². The first kappa shape index (κ1) is 11.1. The van der Waals surface area contributed by atoms with Crippen molar-refractivity contribution < 1.29 is 9.21 Å². The van der Waals surface area contributed by atoms with Crippen LogP contribution in [-0.2, 0) is 10.5 Å². The molecule has 5 heteroatoms. The van der Waals surface area contributed by atoms with E-state index in [9.17, 15) is 4.79 Å². The quantitative estimate of drug-likeness (QED) is 0.683. The Morgan fingerprint density at radius 2 is 2.43 bits per heavy atom. The second-order valence-electron chi connectivity index (χ2n) is 2.93. The molecule has 4 nitrogen and oxygen atoms in total. The number of hydrogen-bond donors (Lipinski definition) is 2. The van der Waals surface area contributed by atoms with Crippen molar-refractivity contribution in [2.45, 2.75) is 18.2 Å². The van der Waals surface area contributed by atoms with E-state index in [4.69, 9.17) is 15.9 Å². The summed E-state index contributed by atoms with van der Waals surface area (Å²) in [6.45, 7) is 0. The number of hydrogen-bond acceptors (Lipinski definition) is 4. The third kappa shape index (κ3) is 3.85. The van der Waals surface area contributed by atoms with Gasteiger partial charge in [0, 0.05) is 0 Å². The lowest BCUT2D eigenvalue weighted by Crippen LogP contribution is -2.36. The Balaban J connectivity index is 2.08. The van der Waals surface area contributed by atoms with Crippen molar-refractivity contribution in [3.8, 4) is 0 Å². The monoisotopic (exact) mass is 214 g/mol. The van der Waals surface area contributed by atoms with Crippen LogP contribution in [0.1, 0.15) is 12.2 Å². The molecule has 14 heavy (non-hydrogen) atoms. The lowest BCUT2D eigenvalue weighted by atomic mass is 10.2. The molecule has 1 aromatic rings. The van der Waals surface area contributed by atoms with Gasteiger partial charge in [-0.15, -0.1) is 0 Å². The molecule has 4 N–H and O–H groups in total. The molecule has 0 aromatic carbocycles. The molecule has 0 fully saturated rings. The zero-order valence-electron chi connectivity index (χ0n) is 7.81. The number of amides is 1. The largest absolute Gasteiger partial charge is 0.468 e. The van der Waals surface area contributed by atoms with Gasteiger partial charge in [-0.2, -0.15) is 11.8 Å². The minimum Gasteiger partial charge on any atom is -0.468 e. The summed E-state index contributed by atoms with van der Waals surface area (Å²) in [5.41, 5.74) is 10.5. The molecule has 1 unspecified atom stereocenters. The van der Waals surface area contributed by atoms with Crippen molar-refractivity contribution in [3.63, 3.8) is 0 Å². The van der Waals surface area contributed by atoms with Crippen LogP contribution in [0.2, 0.25) is 0 Å². The number of furan rings is 1. The molecule has 0 bridgehead atoms. The van der Waals surface area contributed by atoms with Crippen LogP contribution in [-0.4, -0.2) is 17.7 Å². The third-order valence-electron chi connectivity index (χ3n) is 1.76. The molecule has 1 heterocycles. The Kier molecular flexibility index (Phi) is 4.55. The summed E-state index contributed by atoms with van der Waals surface area (Å²) in [5, 5.41) is 0. The van der Waals surface area contributed by atoms with Crippen molar-refractivity contribution in [3.05, 3.63) is 24.2 Å². The normalized spacial score (nSPS) is 12.6. The predicted molar refractivity (Wildman–Crippen MR) is 56.7 cm³/mol. The summed E-state index contributed by atoms with van der Waals surface area (Å²) in [7, 11) is 0. The molecule has 0 aliphatic carbocycles. The van der Waals surface area contributed by atoms with Gasteiger partial charge in [-0.1, -0.05) is 0 Å².